The van der Waals surface area contributed by atoms with E-state index in [4.69, 9.17) is 15.9 Å². The molecule has 0 spiro atoms. The molecule has 2 atom stereocenters. The van der Waals surface area contributed by atoms with E-state index in [1.165, 1.54) is 6.92 Å². The normalized spacial score (nSPS) is 15.4. The largest absolute Gasteiger partial charge is 0.480 e. The van der Waals surface area contributed by atoms with Gasteiger partial charge >= 0.3 is 5.97 Å². The number of nitrogens with two attached hydrogens (primary N) is 1. The van der Waals surface area contributed by atoms with Gasteiger partial charge in [-0.15, -0.1) is 0 Å². The standard InChI is InChI=1S/C4H9NO3.Ce/c1-2(6)3(5)4(7)8;/h2-3,6H,5H2,1H3,(H,7,8);. The van der Waals surface area contributed by atoms with E-state index in [9.17, 15) is 4.79 Å². The molecule has 0 aromatic carbocycles. The van der Waals surface area contributed by atoms with Gasteiger partial charge in [-0.3, -0.25) is 4.79 Å². The molecule has 0 aliphatic carbocycles. The molecule has 0 saturated heterocycles. The fourth-order valence-electron chi connectivity index (χ4n) is 0.206. The van der Waals surface area contributed by atoms with Gasteiger partial charge in [-0.25, -0.2) is 0 Å². The third-order valence-corrected chi connectivity index (χ3v) is 0.805. The van der Waals surface area contributed by atoms with Crippen molar-refractivity contribution < 1.29 is 56.8 Å². The molecule has 0 amide bonds. The van der Waals surface area contributed by atoms with Gasteiger partial charge in [0.15, 0.2) is 0 Å². The maximum atomic E-state index is 9.86. The van der Waals surface area contributed by atoms with Gasteiger partial charge < -0.3 is 15.9 Å². The average Bonchev–Trinajstić information content (AvgIpc) is 1.64. The van der Waals surface area contributed by atoms with Crippen molar-refractivity contribution in [3.63, 3.8) is 0 Å². The zero-order valence-corrected chi connectivity index (χ0v) is 8.17. The van der Waals surface area contributed by atoms with Crippen molar-refractivity contribution in [2.45, 2.75) is 19.1 Å². The molecular weight excluding hydrogens is 250 g/mol. The van der Waals surface area contributed by atoms with Crippen LogP contribution in [0, 0.1) is 41.7 Å². The third-order valence-electron chi connectivity index (χ3n) is 0.805. The summed E-state index contributed by atoms with van der Waals surface area (Å²) in [5, 5.41) is 16.6. The van der Waals surface area contributed by atoms with Crippen LogP contribution in [-0.2, 0) is 4.79 Å². The van der Waals surface area contributed by atoms with E-state index >= 15 is 0 Å². The SMILES string of the molecule is CC(O)C(N)C(=O)O.[Ce]. The number of carboxylic acids is 1. The molecule has 0 fully saturated rings. The predicted molar refractivity (Wildman–Crippen MR) is 27.3 cm³/mol. The molecule has 5 heteroatoms. The second-order valence-corrected chi connectivity index (χ2v) is 1.60. The van der Waals surface area contributed by atoms with Crippen LogP contribution in [0.25, 0.3) is 0 Å². The predicted octanol–water partition coefficient (Wildman–Crippen LogP) is -1.22. The van der Waals surface area contributed by atoms with Crippen molar-refractivity contribution in [2.24, 2.45) is 5.73 Å². The fraction of sp³-hybridized carbons (Fsp3) is 0.750. The minimum Gasteiger partial charge on any atom is -0.480 e. The van der Waals surface area contributed by atoms with Crippen LogP contribution in [0.2, 0.25) is 0 Å². The average molecular weight is 259 g/mol. The number of aliphatic hydroxyl groups excluding tert-OH is 1. The van der Waals surface area contributed by atoms with E-state index in [-0.39, 0.29) is 41.7 Å². The second kappa shape index (κ2) is 5.54. The Morgan fingerprint density at radius 3 is 2.00 bits per heavy atom. The smallest absolute Gasteiger partial charge is 0.323 e. The second-order valence-electron chi connectivity index (χ2n) is 1.60. The van der Waals surface area contributed by atoms with Crippen LogP contribution in [0.3, 0.4) is 0 Å². The van der Waals surface area contributed by atoms with Gasteiger partial charge in [0.05, 0.1) is 6.10 Å². The number of hydrogen-bond acceptors (Lipinski definition) is 3. The van der Waals surface area contributed by atoms with Gasteiger partial charge in [-0.05, 0) is 6.92 Å². The van der Waals surface area contributed by atoms with E-state index in [0.29, 0.717) is 0 Å². The Morgan fingerprint density at radius 1 is 1.67 bits per heavy atom. The summed E-state index contributed by atoms with van der Waals surface area (Å²) in [6.07, 6.45) is -0.979. The summed E-state index contributed by atoms with van der Waals surface area (Å²) < 4.78 is 0. The monoisotopic (exact) mass is 259 g/mol. The minimum absolute atomic E-state index is 0. The topological polar surface area (TPSA) is 83.5 Å². The van der Waals surface area contributed by atoms with Crippen LogP contribution < -0.4 is 5.73 Å². The van der Waals surface area contributed by atoms with E-state index in [0.717, 1.165) is 0 Å². The number of hydrogen-bond donors (Lipinski definition) is 3. The van der Waals surface area contributed by atoms with Gasteiger partial charge in [0.1, 0.15) is 6.04 Å². The Bertz CT molecular complexity index is 95.8. The zero-order valence-electron chi connectivity index (χ0n) is 5.03. The Labute approximate surface area is 86.8 Å². The molecule has 52 valence electrons. The van der Waals surface area contributed by atoms with Crippen molar-refractivity contribution in [3.05, 3.63) is 0 Å². The van der Waals surface area contributed by atoms with Gasteiger partial charge in [-0.2, -0.15) is 0 Å². The van der Waals surface area contributed by atoms with Crippen LogP contribution in [0.4, 0.5) is 0 Å². The van der Waals surface area contributed by atoms with E-state index < -0.39 is 18.1 Å². The molecule has 0 heterocycles. The molecule has 0 saturated carbocycles. The van der Waals surface area contributed by atoms with Crippen molar-refractivity contribution >= 4 is 5.97 Å². The number of carboxylic acid groups (broad SMARTS) is 1. The number of aliphatic hydroxyl groups is 1. The Kier molecular flexibility index (Phi) is 7.66. The molecule has 0 aliphatic heterocycles. The summed E-state index contributed by atoms with van der Waals surface area (Å²) in [4.78, 5) is 9.86. The Hall–Kier alpha value is 0.767. The number of aliphatic carboxylic acids is 1. The summed E-state index contributed by atoms with van der Waals surface area (Å²) >= 11 is 0. The first kappa shape index (κ1) is 12.4. The molecule has 0 aliphatic rings. The first-order chi connectivity index (χ1) is 3.55. The minimum atomic E-state index is -1.18. The Balaban J connectivity index is 0. The first-order valence-corrected chi connectivity index (χ1v) is 2.22. The summed E-state index contributed by atoms with van der Waals surface area (Å²) in [6, 6.07) is -1.16. The molecule has 0 bridgehead atoms. The number of carbonyl (C=O) groups is 1. The van der Waals surface area contributed by atoms with Crippen molar-refractivity contribution in [1.29, 1.82) is 0 Å². The van der Waals surface area contributed by atoms with E-state index in [2.05, 4.69) is 0 Å². The molecule has 0 aromatic heterocycles. The summed E-state index contributed by atoms with van der Waals surface area (Å²) in [5.41, 5.74) is 4.91. The maximum absolute atomic E-state index is 9.86. The van der Waals surface area contributed by atoms with Gasteiger partial charge in [0.25, 0.3) is 0 Å². The molecule has 0 radical (unpaired) electrons. The third kappa shape index (κ3) is 5.22. The summed E-state index contributed by atoms with van der Waals surface area (Å²) in [7, 11) is 0. The van der Waals surface area contributed by atoms with Crippen molar-refractivity contribution in [1.82, 2.24) is 0 Å². The van der Waals surface area contributed by atoms with Gasteiger partial charge in [0, 0.05) is 41.7 Å². The first-order valence-electron chi connectivity index (χ1n) is 2.22. The maximum Gasteiger partial charge on any atom is 0.323 e. The van der Waals surface area contributed by atoms with Gasteiger partial charge in [0.2, 0.25) is 0 Å². The van der Waals surface area contributed by atoms with Crippen molar-refractivity contribution in [2.75, 3.05) is 0 Å². The van der Waals surface area contributed by atoms with Crippen LogP contribution >= 0.6 is 0 Å². The number of rotatable bonds is 2. The zero-order chi connectivity index (χ0) is 6.73. The molecule has 9 heavy (non-hydrogen) atoms. The van der Waals surface area contributed by atoms with Crippen LogP contribution in [0.1, 0.15) is 6.92 Å². The molecule has 4 N–H and O–H groups in total. The molecule has 0 rings (SSSR count). The van der Waals surface area contributed by atoms with E-state index in [1.807, 2.05) is 0 Å². The molecule has 2 unspecified atom stereocenters. The summed E-state index contributed by atoms with van der Waals surface area (Å²) in [5.74, 6) is -1.18. The van der Waals surface area contributed by atoms with E-state index in [1.54, 1.807) is 0 Å². The molecular formula is C4H9CeNO3. The van der Waals surface area contributed by atoms with Crippen LogP contribution in [-0.4, -0.2) is 28.3 Å². The Morgan fingerprint density at radius 2 is 2.00 bits per heavy atom. The van der Waals surface area contributed by atoms with Crippen LogP contribution in [0.15, 0.2) is 0 Å². The molecule has 4 nitrogen and oxygen atoms in total. The molecule has 0 aromatic rings. The van der Waals surface area contributed by atoms with Crippen molar-refractivity contribution in [3.8, 4) is 0 Å². The van der Waals surface area contributed by atoms with Gasteiger partial charge in [-0.1, -0.05) is 0 Å². The van der Waals surface area contributed by atoms with Crippen LogP contribution in [0.5, 0.6) is 0 Å². The fourth-order valence-corrected chi connectivity index (χ4v) is 0.206. The summed E-state index contributed by atoms with van der Waals surface area (Å²) in [6.45, 7) is 1.33. The quantitative estimate of drug-likeness (QED) is 0.580.